The first kappa shape index (κ1) is 10.4. The molecule has 76 valence electrons. The lowest BCUT2D eigenvalue weighted by Gasteiger charge is -2.08. The second-order valence-corrected chi connectivity index (χ2v) is 2.79. The van der Waals surface area contributed by atoms with Crippen LogP contribution in [-0.2, 0) is 0 Å². The fourth-order valence-electron chi connectivity index (χ4n) is 1.03. The first-order valence-electron chi connectivity index (χ1n) is 3.90. The van der Waals surface area contributed by atoms with E-state index in [9.17, 15) is 15.2 Å². The summed E-state index contributed by atoms with van der Waals surface area (Å²) in [5.74, 6) is -0.448. The van der Waals surface area contributed by atoms with Gasteiger partial charge in [0.25, 0.3) is 0 Å². The van der Waals surface area contributed by atoms with Crippen molar-refractivity contribution in [2.75, 3.05) is 6.61 Å². The van der Waals surface area contributed by atoms with Crippen LogP contribution in [0.15, 0.2) is 18.2 Å². The van der Waals surface area contributed by atoms with Crippen LogP contribution in [0.5, 0.6) is 5.75 Å². The fraction of sp³-hybridized carbons (Fsp3) is 0.250. The zero-order chi connectivity index (χ0) is 10.7. The Kier molecular flexibility index (Phi) is 3.00. The van der Waals surface area contributed by atoms with Crippen LogP contribution in [0.4, 0.5) is 5.69 Å². The number of hydrogen-bond acceptors (Lipinski definition) is 5. The van der Waals surface area contributed by atoms with Gasteiger partial charge >= 0.3 is 5.69 Å². The summed E-state index contributed by atoms with van der Waals surface area (Å²) in [6, 6.07) is 3.10. The van der Waals surface area contributed by atoms with E-state index in [2.05, 4.69) is 0 Å². The maximum absolute atomic E-state index is 10.3. The van der Waals surface area contributed by atoms with E-state index in [0.717, 1.165) is 6.07 Å². The molecule has 6 heteroatoms. The van der Waals surface area contributed by atoms with Crippen molar-refractivity contribution in [2.24, 2.45) is 5.73 Å². The van der Waals surface area contributed by atoms with Gasteiger partial charge in [0.2, 0.25) is 0 Å². The molecule has 0 aromatic heterocycles. The van der Waals surface area contributed by atoms with Crippen LogP contribution in [0.1, 0.15) is 11.6 Å². The number of rotatable bonds is 3. The van der Waals surface area contributed by atoms with E-state index in [1.54, 1.807) is 0 Å². The Morgan fingerprint density at radius 1 is 1.57 bits per heavy atom. The molecule has 1 aromatic carbocycles. The molecule has 0 radical (unpaired) electrons. The number of phenols is 1. The van der Waals surface area contributed by atoms with Crippen LogP contribution < -0.4 is 5.73 Å². The first-order chi connectivity index (χ1) is 6.56. The summed E-state index contributed by atoms with van der Waals surface area (Å²) in [5, 5.41) is 28.3. The molecule has 0 heterocycles. The number of nitro benzene ring substituents is 1. The van der Waals surface area contributed by atoms with Crippen LogP contribution >= 0.6 is 0 Å². The second-order valence-electron chi connectivity index (χ2n) is 2.79. The van der Waals surface area contributed by atoms with E-state index >= 15 is 0 Å². The molecule has 1 rings (SSSR count). The van der Waals surface area contributed by atoms with Crippen LogP contribution in [0.2, 0.25) is 0 Å². The van der Waals surface area contributed by atoms with Crippen LogP contribution in [0, 0.1) is 10.1 Å². The molecule has 0 amide bonds. The van der Waals surface area contributed by atoms with Gasteiger partial charge in [0, 0.05) is 6.07 Å². The topological polar surface area (TPSA) is 110 Å². The molecule has 14 heavy (non-hydrogen) atoms. The van der Waals surface area contributed by atoms with Gasteiger partial charge in [-0.2, -0.15) is 0 Å². The SMILES string of the molecule is N[C@@H](CO)c1ccc([N+](=O)[O-])c(O)c1. The molecular formula is C8H10N2O4. The molecule has 0 spiro atoms. The van der Waals surface area contributed by atoms with Gasteiger partial charge in [-0.3, -0.25) is 10.1 Å². The average molecular weight is 198 g/mol. The summed E-state index contributed by atoms with van der Waals surface area (Å²) >= 11 is 0. The fourth-order valence-corrected chi connectivity index (χ4v) is 1.03. The number of nitrogens with zero attached hydrogens (tertiary/aromatic N) is 1. The number of phenolic OH excluding ortho intramolecular Hbond substituents is 1. The molecule has 0 aliphatic rings. The molecule has 0 aliphatic carbocycles. The third-order valence-corrected chi connectivity index (χ3v) is 1.82. The monoisotopic (exact) mass is 198 g/mol. The standard InChI is InChI=1S/C8H10N2O4/c9-6(4-11)5-1-2-7(10(13)14)8(12)3-5/h1-3,6,11-12H,4,9H2/t6-/m0/s1. The van der Waals surface area contributed by atoms with E-state index in [0.29, 0.717) is 5.56 Å². The maximum Gasteiger partial charge on any atom is 0.310 e. The lowest BCUT2D eigenvalue weighted by Crippen LogP contribution is -2.14. The Morgan fingerprint density at radius 2 is 2.21 bits per heavy atom. The molecule has 0 aliphatic heterocycles. The van der Waals surface area contributed by atoms with Gasteiger partial charge in [0.1, 0.15) is 0 Å². The van der Waals surface area contributed by atoms with Crippen molar-refractivity contribution in [3.63, 3.8) is 0 Å². The van der Waals surface area contributed by atoms with Gasteiger partial charge < -0.3 is 15.9 Å². The Hall–Kier alpha value is -1.66. The number of aromatic hydroxyl groups is 1. The van der Waals surface area contributed by atoms with Crippen molar-refractivity contribution in [1.29, 1.82) is 0 Å². The number of nitrogens with two attached hydrogens (primary N) is 1. The summed E-state index contributed by atoms with van der Waals surface area (Å²) in [6.07, 6.45) is 0. The minimum Gasteiger partial charge on any atom is -0.502 e. The van der Waals surface area contributed by atoms with Crippen molar-refractivity contribution >= 4 is 5.69 Å². The minimum absolute atomic E-state index is 0.281. The van der Waals surface area contributed by atoms with Crippen LogP contribution in [0.25, 0.3) is 0 Å². The number of benzene rings is 1. The first-order valence-corrected chi connectivity index (χ1v) is 3.90. The highest BCUT2D eigenvalue weighted by Gasteiger charge is 2.14. The van der Waals surface area contributed by atoms with E-state index < -0.39 is 16.7 Å². The predicted octanol–water partition coefficient (Wildman–Crippen LogP) is 0.292. The summed E-state index contributed by atoms with van der Waals surface area (Å²) in [7, 11) is 0. The number of aliphatic hydroxyl groups is 1. The summed E-state index contributed by atoms with van der Waals surface area (Å²) < 4.78 is 0. The third-order valence-electron chi connectivity index (χ3n) is 1.82. The summed E-state index contributed by atoms with van der Waals surface area (Å²) in [4.78, 5) is 9.65. The molecule has 0 saturated heterocycles. The molecule has 0 fully saturated rings. The second kappa shape index (κ2) is 4.03. The Morgan fingerprint density at radius 3 is 2.64 bits per heavy atom. The van der Waals surface area contributed by atoms with E-state index in [-0.39, 0.29) is 12.3 Å². The molecule has 0 bridgehead atoms. The Labute approximate surface area is 79.7 Å². The maximum atomic E-state index is 10.3. The molecule has 6 nitrogen and oxygen atoms in total. The van der Waals surface area contributed by atoms with E-state index in [4.69, 9.17) is 10.8 Å². The third kappa shape index (κ3) is 1.98. The summed E-state index contributed by atoms with van der Waals surface area (Å²) in [6.45, 7) is -0.281. The van der Waals surface area contributed by atoms with E-state index in [1.165, 1.54) is 12.1 Å². The van der Waals surface area contributed by atoms with Gasteiger partial charge in [-0.1, -0.05) is 6.07 Å². The number of hydrogen-bond donors (Lipinski definition) is 3. The van der Waals surface area contributed by atoms with Crippen molar-refractivity contribution in [3.8, 4) is 5.75 Å². The molecular weight excluding hydrogens is 188 g/mol. The summed E-state index contributed by atoms with van der Waals surface area (Å²) in [5.41, 5.74) is 5.54. The quantitative estimate of drug-likeness (QED) is 0.477. The van der Waals surface area contributed by atoms with Gasteiger partial charge in [0.15, 0.2) is 5.75 Å². The smallest absolute Gasteiger partial charge is 0.310 e. The molecule has 0 saturated carbocycles. The van der Waals surface area contributed by atoms with Crippen LogP contribution in [-0.4, -0.2) is 21.7 Å². The van der Waals surface area contributed by atoms with Gasteiger partial charge in [-0.05, 0) is 11.6 Å². The molecule has 0 unspecified atom stereocenters. The largest absolute Gasteiger partial charge is 0.502 e. The zero-order valence-corrected chi connectivity index (χ0v) is 7.25. The van der Waals surface area contributed by atoms with Crippen LogP contribution in [0.3, 0.4) is 0 Å². The number of aliphatic hydroxyl groups excluding tert-OH is 1. The van der Waals surface area contributed by atoms with Crippen molar-refractivity contribution < 1.29 is 15.1 Å². The predicted molar refractivity (Wildman–Crippen MR) is 48.8 cm³/mol. The van der Waals surface area contributed by atoms with Crippen molar-refractivity contribution in [1.82, 2.24) is 0 Å². The minimum atomic E-state index is -0.691. The lowest BCUT2D eigenvalue weighted by molar-refractivity contribution is -0.385. The number of nitro groups is 1. The highest BCUT2D eigenvalue weighted by atomic mass is 16.6. The van der Waals surface area contributed by atoms with Crippen molar-refractivity contribution in [3.05, 3.63) is 33.9 Å². The van der Waals surface area contributed by atoms with Gasteiger partial charge in [-0.15, -0.1) is 0 Å². The zero-order valence-electron chi connectivity index (χ0n) is 7.25. The molecule has 4 N–H and O–H groups in total. The van der Waals surface area contributed by atoms with Gasteiger partial charge in [0.05, 0.1) is 17.6 Å². The van der Waals surface area contributed by atoms with Crippen molar-refractivity contribution in [2.45, 2.75) is 6.04 Å². The average Bonchev–Trinajstić information content (AvgIpc) is 2.15. The Bertz CT molecular complexity index is 353. The lowest BCUT2D eigenvalue weighted by atomic mass is 10.1. The normalized spacial score (nSPS) is 12.4. The van der Waals surface area contributed by atoms with E-state index in [1.807, 2.05) is 0 Å². The highest BCUT2D eigenvalue weighted by Crippen LogP contribution is 2.27. The van der Waals surface area contributed by atoms with Gasteiger partial charge in [-0.25, -0.2) is 0 Å². The highest BCUT2D eigenvalue weighted by molar-refractivity contribution is 5.47. The molecule has 1 aromatic rings. The molecule has 1 atom stereocenters. The Balaban J connectivity index is 3.06.